The Morgan fingerprint density at radius 1 is 0.900 bits per heavy atom. The lowest BCUT2D eigenvalue weighted by Crippen LogP contribution is -2.25. The molecule has 0 bridgehead atoms. The third kappa shape index (κ3) is 7.02. The fraction of sp³-hybridized carbons (Fsp3) is 0.680. The van der Waals surface area contributed by atoms with Crippen molar-refractivity contribution in [2.45, 2.75) is 83.9 Å². The van der Waals surface area contributed by atoms with Crippen molar-refractivity contribution in [2.24, 2.45) is 23.7 Å². The third-order valence-corrected chi connectivity index (χ3v) is 7.24. The Bertz CT molecular complexity index is 681. The van der Waals surface area contributed by atoms with Crippen molar-refractivity contribution in [3.8, 4) is 5.75 Å². The van der Waals surface area contributed by atoms with Gasteiger partial charge in [0.2, 0.25) is 0 Å². The van der Waals surface area contributed by atoms with Gasteiger partial charge in [0.05, 0.1) is 0 Å². The quantitative estimate of drug-likeness (QED) is 0.315. The Hall–Kier alpha value is -1.52. The molecular weight excluding hydrogens is 392 g/mol. The fourth-order valence-corrected chi connectivity index (χ4v) is 5.35. The van der Waals surface area contributed by atoms with E-state index in [9.17, 15) is 17.6 Å². The molecule has 30 heavy (non-hydrogen) atoms. The van der Waals surface area contributed by atoms with E-state index in [2.05, 4.69) is 17.7 Å². The van der Waals surface area contributed by atoms with Crippen molar-refractivity contribution in [1.82, 2.24) is 0 Å². The second-order valence-corrected chi connectivity index (χ2v) is 9.19. The van der Waals surface area contributed by atoms with Crippen LogP contribution in [0.15, 0.2) is 30.4 Å². The number of alkyl halides is 3. The molecule has 2 aliphatic rings. The van der Waals surface area contributed by atoms with Crippen molar-refractivity contribution < 1.29 is 22.3 Å². The summed E-state index contributed by atoms with van der Waals surface area (Å²) in [5.74, 6) is 1.79. The maximum atomic E-state index is 13.8. The van der Waals surface area contributed by atoms with E-state index in [0.717, 1.165) is 42.2 Å². The molecule has 1 aromatic rings. The van der Waals surface area contributed by atoms with E-state index in [-0.39, 0.29) is 0 Å². The van der Waals surface area contributed by atoms with Crippen LogP contribution < -0.4 is 4.74 Å². The zero-order valence-electron chi connectivity index (χ0n) is 17.9. The zero-order valence-corrected chi connectivity index (χ0v) is 17.9. The first-order chi connectivity index (χ1) is 14.3. The summed E-state index contributed by atoms with van der Waals surface area (Å²) in [6.07, 6.45) is 13.1. The molecule has 0 unspecified atom stereocenters. The Morgan fingerprint density at radius 2 is 1.50 bits per heavy atom. The summed E-state index contributed by atoms with van der Waals surface area (Å²) < 4.78 is 54.0. The number of ether oxygens (including phenoxy) is 1. The molecule has 0 atom stereocenters. The minimum absolute atomic E-state index is 0.513. The number of allylic oxidation sites excluding steroid dienone is 2. The van der Waals surface area contributed by atoms with Crippen LogP contribution in [0.3, 0.4) is 0 Å². The first kappa shape index (κ1) is 23.1. The van der Waals surface area contributed by atoms with Gasteiger partial charge in [-0.25, -0.2) is 4.39 Å². The van der Waals surface area contributed by atoms with Gasteiger partial charge in [-0.3, -0.25) is 0 Å². The van der Waals surface area contributed by atoms with Crippen molar-refractivity contribution >= 4 is 0 Å². The lowest BCUT2D eigenvalue weighted by molar-refractivity contribution is -0.275. The summed E-state index contributed by atoms with van der Waals surface area (Å²) in [5, 5.41) is 0. The van der Waals surface area contributed by atoms with Gasteiger partial charge >= 0.3 is 6.36 Å². The average Bonchev–Trinajstić information content (AvgIpc) is 2.73. The molecule has 0 radical (unpaired) electrons. The molecule has 2 saturated carbocycles. The highest BCUT2D eigenvalue weighted by atomic mass is 19.4. The smallest absolute Gasteiger partial charge is 0.403 e. The van der Waals surface area contributed by atoms with E-state index in [1.165, 1.54) is 63.9 Å². The number of hydrogen-bond donors (Lipinski definition) is 0. The van der Waals surface area contributed by atoms with E-state index < -0.39 is 17.9 Å². The highest BCUT2D eigenvalue weighted by Gasteiger charge is 2.32. The fourth-order valence-electron chi connectivity index (χ4n) is 5.35. The minimum Gasteiger partial charge on any atom is -0.403 e. The third-order valence-electron chi connectivity index (χ3n) is 7.24. The summed E-state index contributed by atoms with van der Waals surface area (Å²) in [5.41, 5.74) is 0.643. The predicted molar refractivity (Wildman–Crippen MR) is 112 cm³/mol. The van der Waals surface area contributed by atoms with Crippen LogP contribution in [0.2, 0.25) is 0 Å². The Labute approximate surface area is 177 Å². The van der Waals surface area contributed by atoms with Crippen LogP contribution in [0.25, 0.3) is 0 Å². The molecule has 0 saturated heterocycles. The summed E-state index contributed by atoms with van der Waals surface area (Å²) in [7, 11) is 0. The van der Waals surface area contributed by atoms with Gasteiger partial charge in [0.15, 0.2) is 11.6 Å². The van der Waals surface area contributed by atoms with Gasteiger partial charge in [0.1, 0.15) is 0 Å². The number of benzene rings is 1. The second-order valence-electron chi connectivity index (χ2n) is 9.19. The topological polar surface area (TPSA) is 9.23 Å². The molecule has 0 spiro atoms. The zero-order chi connectivity index (χ0) is 21.6. The largest absolute Gasteiger partial charge is 0.573 e. The summed E-state index contributed by atoms with van der Waals surface area (Å²) >= 11 is 0. The molecule has 2 aliphatic carbocycles. The maximum absolute atomic E-state index is 13.8. The van der Waals surface area contributed by atoms with Crippen LogP contribution in [0, 0.1) is 29.5 Å². The standard InChI is InChI=1S/C25H34F4O/c1-2-18-7-12-21(13-8-18)22-14-9-19(10-15-22)5-3-4-6-20-11-16-24(23(26)17-20)30-25(27,28)29/h3-4,11,16-19,21-22H,2,5-10,12-15H2,1H3/b4-3-. The van der Waals surface area contributed by atoms with Crippen molar-refractivity contribution in [2.75, 3.05) is 0 Å². The molecule has 3 rings (SSSR count). The molecule has 0 heterocycles. The van der Waals surface area contributed by atoms with Crippen molar-refractivity contribution in [1.29, 1.82) is 0 Å². The predicted octanol–water partition coefficient (Wildman–Crippen LogP) is 8.24. The molecule has 1 nitrogen and oxygen atoms in total. The Balaban J connectivity index is 1.37. The molecule has 0 aromatic heterocycles. The summed E-state index contributed by atoms with van der Waals surface area (Å²) in [6, 6.07) is 3.64. The van der Waals surface area contributed by atoms with Gasteiger partial charge < -0.3 is 4.74 Å². The van der Waals surface area contributed by atoms with Gasteiger partial charge in [0.25, 0.3) is 0 Å². The lowest BCUT2D eigenvalue weighted by atomic mass is 9.68. The molecule has 1 aromatic carbocycles. The molecule has 168 valence electrons. The Kier molecular flexibility index (Phi) is 8.24. The average molecular weight is 427 g/mol. The maximum Gasteiger partial charge on any atom is 0.573 e. The van der Waals surface area contributed by atoms with E-state index >= 15 is 0 Å². The molecule has 2 fully saturated rings. The SMILES string of the molecule is CCC1CCC(C2CCC(C/C=C\Cc3ccc(OC(F)(F)F)c(F)c3)CC2)CC1. The molecule has 0 N–H and O–H groups in total. The number of halogens is 4. The van der Waals surface area contributed by atoms with Crippen LogP contribution in [0.4, 0.5) is 17.6 Å². The van der Waals surface area contributed by atoms with Gasteiger partial charge in [-0.1, -0.05) is 44.4 Å². The van der Waals surface area contributed by atoms with E-state index in [0.29, 0.717) is 12.0 Å². The van der Waals surface area contributed by atoms with Crippen molar-refractivity contribution in [3.63, 3.8) is 0 Å². The van der Waals surface area contributed by atoms with Crippen molar-refractivity contribution in [3.05, 3.63) is 41.7 Å². The molecule has 0 aliphatic heterocycles. The molecule has 0 amide bonds. The van der Waals surface area contributed by atoms with E-state index in [1.54, 1.807) is 0 Å². The Morgan fingerprint density at radius 3 is 2.03 bits per heavy atom. The van der Waals surface area contributed by atoms with Crippen LogP contribution >= 0.6 is 0 Å². The van der Waals surface area contributed by atoms with Crippen LogP contribution in [-0.2, 0) is 6.42 Å². The monoisotopic (exact) mass is 426 g/mol. The highest BCUT2D eigenvalue weighted by molar-refractivity contribution is 5.30. The van der Waals surface area contributed by atoms with Gasteiger partial charge in [-0.2, -0.15) is 0 Å². The van der Waals surface area contributed by atoms with Crippen LogP contribution in [0.5, 0.6) is 5.75 Å². The van der Waals surface area contributed by atoms with Crippen LogP contribution in [-0.4, -0.2) is 6.36 Å². The molecule has 5 heteroatoms. The van der Waals surface area contributed by atoms with E-state index in [1.807, 2.05) is 6.08 Å². The first-order valence-corrected chi connectivity index (χ1v) is 11.5. The van der Waals surface area contributed by atoms with Gasteiger partial charge in [0, 0.05) is 0 Å². The normalized spacial score (nSPS) is 28.0. The van der Waals surface area contributed by atoms with E-state index in [4.69, 9.17) is 0 Å². The minimum atomic E-state index is -4.88. The second kappa shape index (κ2) is 10.7. The highest BCUT2D eigenvalue weighted by Crippen LogP contribution is 2.42. The van der Waals surface area contributed by atoms with Gasteiger partial charge in [-0.15, -0.1) is 13.2 Å². The van der Waals surface area contributed by atoms with Gasteiger partial charge in [-0.05, 0) is 92.7 Å². The molecular formula is C25H34F4O. The number of rotatable bonds is 7. The first-order valence-electron chi connectivity index (χ1n) is 11.5. The van der Waals surface area contributed by atoms with Crippen LogP contribution in [0.1, 0.15) is 76.7 Å². The summed E-state index contributed by atoms with van der Waals surface area (Å²) in [4.78, 5) is 0. The number of hydrogen-bond acceptors (Lipinski definition) is 1. The summed E-state index contributed by atoms with van der Waals surface area (Å²) in [6.45, 7) is 2.32. The lowest BCUT2D eigenvalue weighted by Gasteiger charge is -2.37.